The number of aliphatic imine (C=N–C) groups is 1. The van der Waals surface area contributed by atoms with Gasteiger partial charge < -0.3 is 0 Å². The van der Waals surface area contributed by atoms with Gasteiger partial charge in [-0.3, -0.25) is 0 Å². The number of benzene rings is 1. The SMILES string of the molecule is CC(C)(C)[C@@H]1CCc2c(sc(N=Cc3c(Cl)cccc3Cl)c2C#N)C1. The van der Waals surface area contributed by atoms with Gasteiger partial charge >= 0.3 is 0 Å². The number of halogens is 2. The van der Waals surface area contributed by atoms with Crippen molar-refractivity contribution in [1.82, 2.24) is 0 Å². The first-order valence-electron chi connectivity index (χ1n) is 8.34. The van der Waals surface area contributed by atoms with Crippen molar-refractivity contribution >= 4 is 45.8 Å². The van der Waals surface area contributed by atoms with E-state index >= 15 is 0 Å². The van der Waals surface area contributed by atoms with Crippen molar-refractivity contribution in [2.45, 2.75) is 40.0 Å². The highest BCUT2D eigenvalue weighted by Gasteiger charge is 2.32. The molecule has 1 aliphatic carbocycles. The second kappa shape index (κ2) is 7.11. The summed E-state index contributed by atoms with van der Waals surface area (Å²) < 4.78 is 0. The first kappa shape index (κ1) is 18.5. The summed E-state index contributed by atoms with van der Waals surface area (Å²) in [6, 6.07) is 7.73. The van der Waals surface area contributed by atoms with E-state index in [4.69, 9.17) is 23.2 Å². The molecule has 2 aromatic rings. The van der Waals surface area contributed by atoms with Gasteiger partial charge in [0.05, 0.1) is 15.6 Å². The molecule has 1 aromatic heterocycles. The Labute approximate surface area is 163 Å². The number of nitriles is 1. The number of fused-ring (bicyclic) bond motifs is 1. The zero-order valence-electron chi connectivity index (χ0n) is 14.6. The lowest BCUT2D eigenvalue weighted by atomic mass is 9.72. The van der Waals surface area contributed by atoms with Crippen LogP contribution in [0.2, 0.25) is 10.0 Å². The molecule has 1 aliphatic rings. The molecular formula is C20H20Cl2N2S. The van der Waals surface area contributed by atoms with Crippen molar-refractivity contribution in [3.8, 4) is 6.07 Å². The smallest absolute Gasteiger partial charge is 0.134 e. The maximum absolute atomic E-state index is 9.63. The second-order valence-corrected chi connectivity index (χ2v) is 9.39. The molecule has 1 heterocycles. The van der Waals surface area contributed by atoms with Crippen molar-refractivity contribution in [3.05, 3.63) is 49.8 Å². The summed E-state index contributed by atoms with van der Waals surface area (Å²) in [6.07, 6.45) is 4.78. The van der Waals surface area contributed by atoms with Gasteiger partial charge in [0, 0.05) is 16.7 Å². The number of hydrogen-bond acceptors (Lipinski definition) is 3. The van der Waals surface area contributed by atoms with Gasteiger partial charge in [-0.05, 0) is 48.3 Å². The first-order chi connectivity index (χ1) is 11.8. The van der Waals surface area contributed by atoms with Crippen LogP contribution in [0.4, 0.5) is 5.00 Å². The minimum absolute atomic E-state index is 0.281. The number of thiophene rings is 1. The van der Waals surface area contributed by atoms with Crippen molar-refractivity contribution in [3.63, 3.8) is 0 Å². The zero-order valence-corrected chi connectivity index (χ0v) is 16.9. The van der Waals surface area contributed by atoms with Crippen LogP contribution in [0.25, 0.3) is 0 Å². The van der Waals surface area contributed by atoms with Gasteiger partial charge in [-0.25, -0.2) is 4.99 Å². The summed E-state index contributed by atoms with van der Waals surface area (Å²) in [5, 5.41) is 11.5. The van der Waals surface area contributed by atoms with Crippen LogP contribution in [-0.4, -0.2) is 6.21 Å². The summed E-state index contributed by atoms with van der Waals surface area (Å²) in [6.45, 7) is 6.87. The van der Waals surface area contributed by atoms with Gasteiger partial charge in [0.15, 0.2) is 0 Å². The molecule has 0 unspecified atom stereocenters. The van der Waals surface area contributed by atoms with Crippen molar-refractivity contribution in [2.24, 2.45) is 16.3 Å². The molecule has 0 spiro atoms. The fourth-order valence-corrected chi connectivity index (χ4v) is 4.99. The summed E-state index contributed by atoms with van der Waals surface area (Å²) in [5.74, 6) is 0.639. The van der Waals surface area contributed by atoms with E-state index in [1.165, 1.54) is 10.4 Å². The van der Waals surface area contributed by atoms with Gasteiger partial charge in [-0.15, -0.1) is 11.3 Å². The van der Waals surface area contributed by atoms with Gasteiger partial charge in [0.25, 0.3) is 0 Å². The lowest BCUT2D eigenvalue weighted by Crippen LogP contribution is -2.26. The Morgan fingerprint density at radius 2 is 1.96 bits per heavy atom. The van der Waals surface area contributed by atoms with Gasteiger partial charge in [-0.1, -0.05) is 50.0 Å². The summed E-state index contributed by atoms with van der Waals surface area (Å²) >= 11 is 14.0. The Morgan fingerprint density at radius 1 is 1.28 bits per heavy atom. The Morgan fingerprint density at radius 3 is 2.56 bits per heavy atom. The molecule has 130 valence electrons. The molecular weight excluding hydrogens is 371 g/mol. The molecule has 0 saturated heterocycles. The van der Waals surface area contributed by atoms with Crippen molar-refractivity contribution in [1.29, 1.82) is 5.26 Å². The maximum atomic E-state index is 9.63. The molecule has 3 rings (SSSR count). The van der Waals surface area contributed by atoms with E-state index in [0.29, 0.717) is 27.1 Å². The van der Waals surface area contributed by atoms with E-state index in [0.717, 1.165) is 24.3 Å². The molecule has 2 nitrogen and oxygen atoms in total. The average molecular weight is 391 g/mol. The summed E-state index contributed by atoms with van der Waals surface area (Å²) in [5.41, 5.74) is 2.87. The highest BCUT2D eigenvalue weighted by Crippen LogP contribution is 2.45. The second-order valence-electron chi connectivity index (χ2n) is 7.50. The highest BCUT2D eigenvalue weighted by atomic mass is 35.5. The Bertz CT molecular complexity index is 849. The van der Waals surface area contributed by atoms with Gasteiger partial charge in [0.2, 0.25) is 0 Å². The molecule has 1 aromatic carbocycles. The molecule has 5 heteroatoms. The quantitative estimate of drug-likeness (QED) is 0.517. The van der Waals surface area contributed by atoms with Crippen LogP contribution in [0.1, 0.15) is 48.8 Å². The highest BCUT2D eigenvalue weighted by molar-refractivity contribution is 7.16. The molecule has 0 aliphatic heterocycles. The normalized spacial score (nSPS) is 17.5. The summed E-state index contributed by atoms with van der Waals surface area (Å²) in [7, 11) is 0. The molecule has 0 fully saturated rings. The lowest BCUT2D eigenvalue weighted by Gasteiger charge is -2.33. The molecule has 25 heavy (non-hydrogen) atoms. The fourth-order valence-electron chi connectivity index (χ4n) is 3.27. The van der Waals surface area contributed by atoms with E-state index < -0.39 is 0 Å². The van der Waals surface area contributed by atoms with Crippen LogP contribution in [0.15, 0.2) is 23.2 Å². The lowest BCUT2D eigenvalue weighted by molar-refractivity contribution is 0.218. The Balaban J connectivity index is 1.96. The third-order valence-corrected chi connectivity index (χ3v) is 6.72. The fraction of sp³-hybridized carbons (Fsp3) is 0.400. The predicted molar refractivity (Wildman–Crippen MR) is 108 cm³/mol. The van der Waals surface area contributed by atoms with E-state index in [2.05, 4.69) is 31.8 Å². The predicted octanol–water partition coefficient (Wildman–Crippen LogP) is 6.83. The van der Waals surface area contributed by atoms with Crippen LogP contribution in [0.3, 0.4) is 0 Å². The summed E-state index contributed by atoms with van der Waals surface area (Å²) in [4.78, 5) is 5.87. The van der Waals surface area contributed by atoms with Crippen LogP contribution in [0, 0.1) is 22.7 Å². The standard InChI is InChI=1S/C20H20Cl2N2S/c1-20(2,3)12-7-8-13-14(10-23)19(25-18(13)9-12)24-11-15-16(21)5-4-6-17(15)22/h4-6,11-12H,7-9H2,1-3H3/t12-/m1/s1. The number of hydrogen-bond donors (Lipinski definition) is 0. The number of rotatable bonds is 2. The maximum Gasteiger partial charge on any atom is 0.134 e. The minimum atomic E-state index is 0.281. The van der Waals surface area contributed by atoms with Gasteiger partial charge in [-0.2, -0.15) is 5.26 Å². The largest absolute Gasteiger partial charge is 0.244 e. The topological polar surface area (TPSA) is 36.1 Å². The van der Waals surface area contributed by atoms with E-state index in [1.54, 1.807) is 35.8 Å². The van der Waals surface area contributed by atoms with Crippen LogP contribution >= 0.6 is 34.5 Å². The Kier molecular flexibility index (Phi) is 5.25. The molecule has 0 radical (unpaired) electrons. The van der Waals surface area contributed by atoms with Gasteiger partial charge in [0.1, 0.15) is 11.1 Å². The average Bonchev–Trinajstić information content (AvgIpc) is 2.90. The Hall–Kier alpha value is -1.34. The van der Waals surface area contributed by atoms with E-state index in [9.17, 15) is 5.26 Å². The molecule has 0 bridgehead atoms. The van der Waals surface area contributed by atoms with Crippen LogP contribution in [0.5, 0.6) is 0 Å². The zero-order chi connectivity index (χ0) is 18.2. The molecule has 0 N–H and O–H groups in total. The van der Waals surface area contributed by atoms with E-state index in [1.807, 2.05) is 0 Å². The van der Waals surface area contributed by atoms with Crippen molar-refractivity contribution in [2.75, 3.05) is 0 Å². The molecule has 0 amide bonds. The van der Waals surface area contributed by atoms with Crippen LogP contribution < -0.4 is 0 Å². The van der Waals surface area contributed by atoms with E-state index in [-0.39, 0.29) is 5.41 Å². The monoisotopic (exact) mass is 390 g/mol. The third kappa shape index (κ3) is 3.77. The minimum Gasteiger partial charge on any atom is -0.244 e. The van der Waals surface area contributed by atoms with Crippen molar-refractivity contribution < 1.29 is 0 Å². The molecule has 0 saturated carbocycles. The first-order valence-corrected chi connectivity index (χ1v) is 9.91. The van der Waals surface area contributed by atoms with Crippen LogP contribution in [-0.2, 0) is 12.8 Å². The molecule has 1 atom stereocenters. The third-order valence-electron chi connectivity index (χ3n) is 4.89. The number of nitrogens with zero attached hydrogens (tertiary/aromatic N) is 2.